The van der Waals surface area contributed by atoms with Crippen molar-refractivity contribution in [2.75, 3.05) is 0 Å². The van der Waals surface area contributed by atoms with Crippen LogP contribution in [0.15, 0.2) is 70.9 Å². The van der Waals surface area contributed by atoms with Crippen molar-refractivity contribution < 1.29 is 0 Å². The summed E-state index contributed by atoms with van der Waals surface area (Å²) in [6.07, 6.45) is 0. The highest BCUT2D eigenvalue weighted by molar-refractivity contribution is 7.80. The minimum Gasteiger partial charge on any atom is -0.375 e. The minimum absolute atomic E-state index is 0.0538. The molecule has 0 aliphatic carbocycles. The van der Waals surface area contributed by atoms with Crippen molar-refractivity contribution in [1.29, 1.82) is 0 Å². The number of nitrogens with one attached hydrogen (secondary N) is 2. The molecule has 0 unspecified atom stereocenters. The Morgan fingerprint density at radius 2 is 1.00 bits per heavy atom. The first kappa shape index (κ1) is 17.5. The Balaban J connectivity index is 2.56. The lowest BCUT2D eigenvalue weighted by Crippen LogP contribution is -2.31. The van der Waals surface area contributed by atoms with Gasteiger partial charge in [0.1, 0.15) is 11.4 Å². The lowest BCUT2D eigenvalue weighted by atomic mass is 10.00. The molecule has 0 atom stereocenters. The average Bonchev–Trinajstić information content (AvgIpc) is 2.59. The molecule has 24 heavy (non-hydrogen) atoms. The molecular weight excluding hydrogens is 340 g/mol. The van der Waals surface area contributed by atoms with Crippen LogP contribution in [0.2, 0.25) is 0 Å². The molecule has 0 saturated carbocycles. The SMILES string of the molecule is NC(=S)N/N=C(\C(=N/NC(N)=S)c1ccccc1)c1ccccc1. The van der Waals surface area contributed by atoms with Crippen molar-refractivity contribution in [3.8, 4) is 0 Å². The van der Waals surface area contributed by atoms with Gasteiger partial charge in [0, 0.05) is 11.1 Å². The highest BCUT2D eigenvalue weighted by Crippen LogP contribution is 2.10. The van der Waals surface area contributed by atoms with E-state index in [1.165, 1.54) is 0 Å². The van der Waals surface area contributed by atoms with Crippen molar-refractivity contribution in [1.82, 2.24) is 10.9 Å². The van der Waals surface area contributed by atoms with Crippen molar-refractivity contribution in [2.24, 2.45) is 21.7 Å². The summed E-state index contributed by atoms with van der Waals surface area (Å²) < 4.78 is 0. The molecule has 0 aromatic heterocycles. The van der Waals surface area contributed by atoms with Crippen molar-refractivity contribution in [2.45, 2.75) is 0 Å². The van der Waals surface area contributed by atoms with Gasteiger partial charge in [0.15, 0.2) is 10.2 Å². The number of hydrazone groups is 2. The molecule has 0 spiro atoms. The van der Waals surface area contributed by atoms with E-state index >= 15 is 0 Å². The van der Waals surface area contributed by atoms with Gasteiger partial charge in [0.25, 0.3) is 0 Å². The van der Waals surface area contributed by atoms with E-state index in [4.69, 9.17) is 35.9 Å². The second-order valence-electron chi connectivity index (χ2n) is 4.60. The molecule has 8 heteroatoms. The first-order valence-corrected chi connectivity index (χ1v) is 7.77. The van der Waals surface area contributed by atoms with Crippen molar-refractivity contribution >= 4 is 46.1 Å². The minimum atomic E-state index is 0.0538. The fourth-order valence-electron chi connectivity index (χ4n) is 1.92. The van der Waals surface area contributed by atoms with E-state index in [1.807, 2.05) is 60.7 Å². The molecule has 0 fully saturated rings. The van der Waals surface area contributed by atoms with Crippen LogP contribution in [0.4, 0.5) is 0 Å². The molecule has 2 aromatic carbocycles. The molecule has 0 heterocycles. The molecule has 2 rings (SSSR count). The Bertz CT molecular complexity index is 704. The Morgan fingerprint density at radius 1 is 0.667 bits per heavy atom. The van der Waals surface area contributed by atoms with Gasteiger partial charge in [-0.1, -0.05) is 60.7 Å². The lowest BCUT2D eigenvalue weighted by Gasteiger charge is -2.11. The summed E-state index contributed by atoms with van der Waals surface area (Å²) in [5.74, 6) is 0. The quantitative estimate of drug-likeness (QED) is 0.368. The molecule has 0 amide bonds. The normalized spacial score (nSPS) is 11.7. The van der Waals surface area contributed by atoms with Crippen LogP contribution in [0.5, 0.6) is 0 Å². The van der Waals surface area contributed by atoms with Gasteiger partial charge in [-0.3, -0.25) is 10.9 Å². The zero-order chi connectivity index (χ0) is 17.4. The first-order valence-electron chi connectivity index (χ1n) is 6.95. The summed E-state index contributed by atoms with van der Waals surface area (Å²) in [6, 6.07) is 19.0. The van der Waals surface area contributed by atoms with Crippen LogP contribution in [-0.2, 0) is 0 Å². The van der Waals surface area contributed by atoms with E-state index in [2.05, 4.69) is 21.1 Å². The van der Waals surface area contributed by atoms with Crippen LogP contribution in [0.1, 0.15) is 11.1 Å². The summed E-state index contributed by atoms with van der Waals surface area (Å²) in [5, 5.41) is 8.70. The molecule has 0 bridgehead atoms. The standard InChI is InChI=1S/C16H16N6S2/c17-15(23)21-19-13(11-7-3-1-4-8-11)14(20-22-16(18)24)12-9-5-2-6-10-12/h1-10H,(H3,17,21,23)(H3,18,22,24)/b19-13-,20-14-. The van der Waals surface area contributed by atoms with Crippen molar-refractivity contribution in [3.05, 3.63) is 71.8 Å². The van der Waals surface area contributed by atoms with Gasteiger partial charge in [-0.25, -0.2) is 0 Å². The van der Waals surface area contributed by atoms with Crippen LogP contribution >= 0.6 is 24.4 Å². The molecule has 0 aliphatic rings. The van der Waals surface area contributed by atoms with E-state index in [0.29, 0.717) is 11.4 Å². The van der Waals surface area contributed by atoms with E-state index in [9.17, 15) is 0 Å². The van der Waals surface area contributed by atoms with Gasteiger partial charge in [0.05, 0.1) is 0 Å². The monoisotopic (exact) mass is 356 g/mol. The summed E-state index contributed by atoms with van der Waals surface area (Å²) in [5.41, 5.74) is 18.9. The maximum Gasteiger partial charge on any atom is 0.184 e. The zero-order valence-electron chi connectivity index (χ0n) is 12.6. The summed E-state index contributed by atoms with van der Waals surface area (Å²) in [6.45, 7) is 0. The van der Waals surface area contributed by atoms with Gasteiger partial charge in [-0.15, -0.1) is 0 Å². The zero-order valence-corrected chi connectivity index (χ0v) is 14.3. The molecule has 6 N–H and O–H groups in total. The average molecular weight is 356 g/mol. The van der Waals surface area contributed by atoms with Gasteiger partial charge >= 0.3 is 0 Å². The summed E-state index contributed by atoms with van der Waals surface area (Å²) in [7, 11) is 0. The van der Waals surface area contributed by atoms with E-state index in [1.54, 1.807) is 0 Å². The number of rotatable bonds is 5. The van der Waals surface area contributed by atoms with Crippen LogP contribution in [0.3, 0.4) is 0 Å². The second kappa shape index (κ2) is 8.70. The molecule has 0 aliphatic heterocycles. The van der Waals surface area contributed by atoms with E-state index in [0.717, 1.165) is 11.1 Å². The Hall–Kier alpha value is -2.84. The lowest BCUT2D eigenvalue weighted by molar-refractivity contribution is 1.02. The number of nitrogens with zero attached hydrogens (tertiary/aromatic N) is 2. The third kappa shape index (κ3) is 5.11. The van der Waals surface area contributed by atoms with Gasteiger partial charge in [-0.05, 0) is 24.4 Å². The Morgan fingerprint density at radius 3 is 1.29 bits per heavy atom. The maximum atomic E-state index is 5.50. The number of benzene rings is 2. The Labute approximate surface area is 150 Å². The Kier molecular flexibility index (Phi) is 6.35. The molecule has 0 saturated heterocycles. The predicted octanol–water partition coefficient (Wildman–Crippen LogP) is 1.46. The number of thiocarbonyl (C=S) groups is 2. The summed E-state index contributed by atoms with van der Waals surface area (Å²) in [4.78, 5) is 0. The van der Waals surface area contributed by atoms with Crippen LogP contribution in [0, 0.1) is 0 Å². The third-order valence-corrected chi connectivity index (χ3v) is 3.06. The van der Waals surface area contributed by atoms with E-state index in [-0.39, 0.29) is 10.2 Å². The largest absolute Gasteiger partial charge is 0.375 e. The van der Waals surface area contributed by atoms with Gasteiger partial charge in [0.2, 0.25) is 0 Å². The molecule has 0 radical (unpaired) electrons. The molecule has 2 aromatic rings. The topological polar surface area (TPSA) is 101 Å². The van der Waals surface area contributed by atoms with Crippen LogP contribution in [-0.4, -0.2) is 21.6 Å². The fraction of sp³-hybridized carbons (Fsp3) is 0. The second-order valence-corrected chi connectivity index (χ2v) is 5.48. The van der Waals surface area contributed by atoms with Crippen molar-refractivity contribution in [3.63, 3.8) is 0 Å². The number of hydrogen-bond donors (Lipinski definition) is 4. The van der Waals surface area contributed by atoms with Gasteiger partial charge < -0.3 is 11.5 Å². The highest BCUT2D eigenvalue weighted by atomic mass is 32.1. The fourth-order valence-corrected chi connectivity index (χ4v) is 2.01. The number of hydrogen-bond acceptors (Lipinski definition) is 4. The van der Waals surface area contributed by atoms with Crippen LogP contribution < -0.4 is 22.3 Å². The maximum absolute atomic E-state index is 5.50. The third-order valence-electron chi connectivity index (χ3n) is 2.87. The van der Waals surface area contributed by atoms with Crippen LogP contribution in [0.25, 0.3) is 0 Å². The molecule has 6 nitrogen and oxygen atoms in total. The molecule has 122 valence electrons. The van der Waals surface area contributed by atoms with E-state index < -0.39 is 0 Å². The first-order chi connectivity index (χ1) is 11.6. The van der Waals surface area contributed by atoms with Gasteiger partial charge in [-0.2, -0.15) is 10.2 Å². The predicted molar refractivity (Wildman–Crippen MR) is 106 cm³/mol. The summed E-state index contributed by atoms with van der Waals surface area (Å²) >= 11 is 9.67. The molecular formula is C16H16N6S2. The smallest absolute Gasteiger partial charge is 0.184 e. The highest BCUT2D eigenvalue weighted by Gasteiger charge is 2.15. The number of nitrogens with two attached hydrogens (primary N) is 2.